The summed E-state index contributed by atoms with van der Waals surface area (Å²) in [6, 6.07) is 0. The number of allylic oxidation sites excluding steroid dienone is 2. The van der Waals surface area contributed by atoms with Gasteiger partial charge in [0.25, 0.3) is 0 Å². The highest BCUT2D eigenvalue weighted by Crippen LogP contribution is 2.32. The molecule has 0 unspecified atom stereocenters. The first-order valence-electron chi connectivity index (χ1n) is 6.83. The van der Waals surface area contributed by atoms with Crippen LogP contribution in [0.2, 0.25) is 0 Å². The molecule has 0 aromatic carbocycles. The summed E-state index contributed by atoms with van der Waals surface area (Å²) in [5.74, 6) is 1.41. The zero-order chi connectivity index (χ0) is 12.3. The van der Waals surface area contributed by atoms with Gasteiger partial charge < -0.3 is 14.4 Å². The van der Waals surface area contributed by atoms with Crippen LogP contribution in [0.3, 0.4) is 0 Å². The van der Waals surface area contributed by atoms with Gasteiger partial charge >= 0.3 is 0 Å². The van der Waals surface area contributed by atoms with E-state index in [4.69, 9.17) is 9.47 Å². The van der Waals surface area contributed by atoms with Crippen molar-refractivity contribution in [3.63, 3.8) is 0 Å². The molecule has 2 rings (SSSR count). The van der Waals surface area contributed by atoms with Crippen LogP contribution in [0.4, 0.5) is 0 Å². The fourth-order valence-electron chi connectivity index (χ4n) is 2.19. The standard InChI is InChI=1S/C14H25NO2/c1-11(2)4-6-16-10-13-9-15(5-7-17-13)14-8-12(14)3/h8,11-13H,4-7,9-10H2,1-3H3/t12-,13-/m1/s1. The summed E-state index contributed by atoms with van der Waals surface area (Å²) in [5.41, 5.74) is 1.50. The predicted octanol–water partition coefficient (Wildman–Crippen LogP) is 2.28. The molecule has 0 amide bonds. The van der Waals surface area contributed by atoms with Gasteiger partial charge in [-0.25, -0.2) is 0 Å². The zero-order valence-electron chi connectivity index (χ0n) is 11.3. The highest BCUT2D eigenvalue weighted by atomic mass is 16.5. The zero-order valence-corrected chi connectivity index (χ0v) is 11.3. The molecule has 17 heavy (non-hydrogen) atoms. The van der Waals surface area contributed by atoms with Crippen molar-refractivity contribution in [1.82, 2.24) is 4.90 Å². The third kappa shape index (κ3) is 4.00. The maximum Gasteiger partial charge on any atom is 0.0983 e. The molecule has 0 spiro atoms. The maximum absolute atomic E-state index is 5.73. The summed E-state index contributed by atoms with van der Waals surface area (Å²) < 4.78 is 11.4. The fourth-order valence-corrected chi connectivity index (χ4v) is 2.19. The molecule has 2 atom stereocenters. The first-order valence-corrected chi connectivity index (χ1v) is 6.83. The second-order valence-electron chi connectivity index (χ2n) is 5.58. The Morgan fingerprint density at radius 3 is 2.94 bits per heavy atom. The minimum absolute atomic E-state index is 0.254. The van der Waals surface area contributed by atoms with Crippen molar-refractivity contribution in [3.8, 4) is 0 Å². The SMILES string of the molecule is CC(C)CCOC[C@H]1CN(C2=C[C@H]2C)CCO1. The summed E-state index contributed by atoms with van der Waals surface area (Å²) in [6.45, 7) is 11.2. The second kappa shape index (κ2) is 5.87. The minimum atomic E-state index is 0.254. The Kier molecular flexibility index (Phi) is 4.46. The lowest BCUT2D eigenvalue weighted by Gasteiger charge is -2.33. The van der Waals surface area contributed by atoms with E-state index in [1.165, 1.54) is 5.70 Å². The van der Waals surface area contributed by atoms with Crippen LogP contribution in [0.5, 0.6) is 0 Å². The third-order valence-electron chi connectivity index (χ3n) is 3.43. The first kappa shape index (κ1) is 12.9. The predicted molar refractivity (Wildman–Crippen MR) is 68.8 cm³/mol. The van der Waals surface area contributed by atoms with E-state index in [2.05, 4.69) is 31.7 Å². The van der Waals surface area contributed by atoms with Gasteiger partial charge in [-0.3, -0.25) is 0 Å². The quantitative estimate of drug-likeness (QED) is 0.664. The number of hydrogen-bond acceptors (Lipinski definition) is 3. The maximum atomic E-state index is 5.73. The topological polar surface area (TPSA) is 21.7 Å². The van der Waals surface area contributed by atoms with E-state index in [1.54, 1.807) is 0 Å². The van der Waals surface area contributed by atoms with Crippen LogP contribution in [0.1, 0.15) is 27.2 Å². The summed E-state index contributed by atoms with van der Waals surface area (Å²) >= 11 is 0. The third-order valence-corrected chi connectivity index (χ3v) is 3.43. The monoisotopic (exact) mass is 239 g/mol. The molecule has 0 radical (unpaired) electrons. The Morgan fingerprint density at radius 1 is 1.53 bits per heavy atom. The Balaban J connectivity index is 1.62. The molecule has 0 saturated carbocycles. The van der Waals surface area contributed by atoms with Gasteiger partial charge in [0.1, 0.15) is 0 Å². The van der Waals surface area contributed by atoms with E-state index < -0.39 is 0 Å². The summed E-state index contributed by atoms with van der Waals surface area (Å²) in [7, 11) is 0. The van der Waals surface area contributed by atoms with Gasteiger partial charge in [-0.1, -0.05) is 26.8 Å². The van der Waals surface area contributed by atoms with Crippen molar-refractivity contribution >= 4 is 0 Å². The summed E-state index contributed by atoms with van der Waals surface area (Å²) in [5, 5.41) is 0. The van der Waals surface area contributed by atoms with Gasteiger partial charge in [0.15, 0.2) is 0 Å². The molecule has 3 nitrogen and oxygen atoms in total. The number of nitrogens with zero attached hydrogens (tertiary/aromatic N) is 1. The van der Waals surface area contributed by atoms with Crippen LogP contribution in [0.15, 0.2) is 11.8 Å². The van der Waals surface area contributed by atoms with Crippen LogP contribution >= 0.6 is 0 Å². The van der Waals surface area contributed by atoms with Gasteiger partial charge in [-0.15, -0.1) is 0 Å². The Morgan fingerprint density at radius 2 is 2.29 bits per heavy atom. The lowest BCUT2D eigenvalue weighted by Crippen LogP contribution is -2.42. The molecule has 1 aliphatic heterocycles. The molecule has 1 aliphatic carbocycles. The number of ether oxygens (including phenoxy) is 2. The highest BCUT2D eigenvalue weighted by Gasteiger charge is 2.30. The average Bonchev–Trinajstić information content (AvgIpc) is 3.02. The molecule has 1 heterocycles. The molecule has 3 heteroatoms. The van der Waals surface area contributed by atoms with E-state index >= 15 is 0 Å². The van der Waals surface area contributed by atoms with E-state index in [9.17, 15) is 0 Å². The fraction of sp³-hybridized carbons (Fsp3) is 0.857. The van der Waals surface area contributed by atoms with Gasteiger partial charge in [0.2, 0.25) is 0 Å². The van der Waals surface area contributed by atoms with E-state index in [1.807, 2.05) is 0 Å². The van der Waals surface area contributed by atoms with Gasteiger partial charge in [0.05, 0.1) is 19.3 Å². The van der Waals surface area contributed by atoms with Gasteiger partial charge in [-0.2, -0.15) is 0 Å². The molecule has 0 aromatic heterocycles. The van der Waals surface area contributed by atoms with Crippen molar-refractivity contribution in [1.29, 1.82) is 0 Å². The molecular weight excluding hydrogens is 214 g/mol. The molecular formula is C14H25NO2. The molecule has 2 aliphatic rings. The molecule has 0 aromatic rings. The number of morpholine rings is 1. The smallest absolute Gasteiger partial charge is 0.0983 e. The van der Waals surface area contributed by atoms with E-state index in [-0.39, 0.29) is 6.10 Å². The van der Waals surface area contributed by atoms with Crippen LogP contribution in [-0.4, -0.2) is 43.9 Å². The van der Waals surface area contributed by atoms with Crippen LogP contribution in [-0.2, 0) is 9.47 Å². The molecule has 98 valence electrons. The van der Waals surface area contributed by atoms with Crippen molar-refractivity contribution in [2.24, 2.45) is 11.8 Å². The normalized spacial score (nSPS) is 28.5. The lowest BCUT2D eigenvalue weighted by molar-refractivity contribution is -0.0617. The van der Waals surface area contributed by atoms with Gasteiger partial charge in [-0.05, 0) is 12.3 Å². The van der Waals surface area contributed by atoms with E-state index in [0.29, 0.717) is 5.92 Å². The Hall–Kier alpha value is -0.540. The molecule has 0 N–H and O–H groups in total. The van der Waals surface area contributed by atoms with Crippen LogP contribution in [0, 0.1) is 11.8 Å². The van der Waals surface area contributed by atoms with Crippen molar-refractivity contribution in [2.45, 2.75) is 33.3 Å². The van der Waals surface area contributed by atoms with Crippen molar-refractivity contribution in [3.05, 3.63) is 11.8 Å². The molecule has 1 fully saturated rings. The lowest BCUT2D eigenvalue weighted by atomic mass is 10.1. The van der Waals surface area contributed by atoms with Gasteiger partial charge in [0, 0.05) is 31.3 Å². The second-order valence-corrected chi connectivity index (χ2v) is 5.58. The van der Waals surface area contributed by atoms with E-state index in [0.717, 1.165) is 45.2 Å². The number of rotatable bonds is 6. The first-order chi connectivity index (χ1) is 8.16. The molecule has 0 bridgehead atoms. The summed E-state index contributed by atoms with van der Waals surface area (Å²) in [6.07, 6.45) is 3.71. The minimum Gasteiger partial charge on any atom is -0.379 e. The van der Waals surface area contributed by atoms with Crippen LogP contribution in [0.25, 0.3) is 0 Å². The Labute approximate surface area is 105 Å². The molecule has 1 saturated heterocycles. The number of hydrogen-bond donors (Lipinski definition) is 0. The van der Waals surface area contributed by atoms with Crippen LogP contribution < -0.4 is 0 Å². The van der Waals surface area contributed by atoms with Crippen molar-refractivity contribution in [2.75, 3.05) is 32.9 Å². The van der Waals surface area contributed by atoms with Crippen molar-refractivity contribution < 1.29 is 9.47 Å². The highest BCUT2D eigenvalue weighted by molar-refractivity contribution is 5.26. The largest absolute Gasteiger partial charge is 0.379 e. The average molecular weight is 239 g/mol. The summed E-state index contributed by atoms with van der Waals surface area (Å²) in [4.78, 5) is 2.45. The Bertz CT molecular complexity index is 275.